The molecule has 5 nitrogen and oxygen atoms in total. The van der Waals surface area contributed by atoms with Gasteiger partial charge in [-0.25, -0.2) is 13.4 Å². The molecule has 7 heteroatoms. The Bertz CT molecular complexity index is 763. The fourth-order valence-electron chi connectivity index (χ4n) is 2.00. The van der Waals surface area contributed by atoms with E-state index in [2.05, 4.69) is 26.2 Å². The monoisotopic (exact) mass is 369 g/mol. The van der Waals surface area contributed by atoms with Crippen molar-refractivity contribution in [2.45, 2.75) is 11.8 Å². The molecule has 0 fully saturated rings. The van der Waals surface area contributed by atoms with E-state index in [0.717, 1.165) is 5.56 Å². The maximum Gasteiger partial charge on any atom is 0.267 e. The van der Waals surface area contributed by atoms with Crippen molar-refractivity contribution in [1.29, 1.82) is 0 Å². The zero-order valence-corrected chi connectivity index (χ0v) is 14.4. The highest BCUT2D eigenvalue weighted by Crippen LogP contribution is 2.29. The Labute approximate surface area is 133 Å². The van der Waals surface area contributed by atoms with Crippen molar-refractivity contribution in [1.82, 2.24) is 4.98 Å². The van der Waals surface area contributed by atoms with Crippen molar-refractivity contribution in [3.63, 3.8) is 0 Å². The van der Waals surface area contributed by atoms with Gasteiger partial charge in [-0.15, -0.1) is 0 Å². The van der Waals surface area contributed by atoms with Crippen molar-refractivity contribution in [3.8, 4) is 0 Å². The second kappa shape index (κ2) is 6.03. The molecule has 2 rings (SSSR count). The van der Waals surface area contributed by atoms with Crippen LogP contribution < -0.4 is 9.62 Å². The van der Waals surface area contributed by atoms with Crippen LogP contribution in [0.5, 0.6) is 0 Å². The summed E-state index contributed by atoms with van der Waals surface area (Å²) in [6.07, 6.45) is 1.55. The minimum atomic E-state index is -3.70. The fraction of sp³-hybridized carbons (Fsp3) is 0.214. The number of nitrogens with one attached hydrogen (secondary N) is 1. The molecule has 2 aromatic rings. The highest BCUT2D eigenvalue weighted by molar-refractivity contribution is 9.10. The molecule has 0 aliphatic rings. The van der Waals surface area contributed by atoms with Gasteiger partial charge in [0.2, 0.25) is 0 Å². The van der Waals surface area contributed by atoms with E-state index in [9.17, 15) is 8.42 Å². The van der Waals surface area contributed by atoms with Crippen LogP contribution in [0.2, 0.25) is 0 Å². The number of aromatic nitrogens is 1. The minimum absolute atomic E-state index is 0.130. The molecule has 0 saturated carbocycles. The number of nitrogens with zero attached hydrogens (tertiary/aromatic N) is 2. The maximum absolute atomic E-state index is 12.8. The van der Waals surface area contributed by atoms with Crippen molar-refractivity contribution in [2.24, 2.45) is 0 Å². The van der Waals surface area contributed by atoms with Crippen LogP contribution in [-0.4, -0.2) is 27.5 Å². The van der Waals surface area contributed by atoms with E-state index >= 15 is 0 Å². The second-order valence-electron chi connectivity index (χ2n) is 4.51. The van der Waals surface area contributed by atoms with Crippen LogP contribution in [0.3, 0.4) is 0 Å². The largest absolute Gasteiger partial charge is 0.372 e. The first-order chi connectivity index (χ1) is 9.87. The Hall–Kier alpha value is -1.60. The van der Waals surface area contributed by atoms with Gasteiger partial charge in [0, 0.05) is 24.8 Å². The number of hydrogen-bond donors (Lipinski definition) is 1. The highest BCUT2D eigenvalue weighted by atomic mass is 79.9. The van der Waals surface area contributed by atoms with Crippen LogP contribution in [0.4, 0.5) is 11.5 Å². The molecule has 0 spiro atoms. The molecule has 112 valence electrons. The van der Waals surface area contributed by atoms with Crippen molar-refractivity contribution < 1.29 is 8.42 Å². The molecule has 0 amide bonds. The van der Waals surface area contributed by atoms with Crippen LogP contribution in [0.25, 0.3) is 0 Å². The lowest BCUT2D eigenvalue weighted by Crippen LogP contribution is -2.28. The number of pyridine rings is 1. The molecule has 1 heterocycles. The molecule has 1 aromatic heterocycles. The summed E-state index contributed by atoms with van der Waals surface area (Å²) in [5.74, 6) is 0.318. The summed E-state index contributed by atoms with van der Waals surface area (Å²) in [5.41, 5.74) is 1.53. The van der Waals surface area contributed by atoms with Crippen LogP contribution in [0, 0.1) is 6.92 Å². The van der Waals surface area contributed by atoms with Crippen molar-refractivity contribution in [3.05, 3.63) is 46.6 Å². The summed E-state index contributed by atoms with van der Waals surface area (Å²) in [7, 11) is -0.520. The molecular formula is C14H16BrN3O2S. The smallest absolute Gasteiger partial charge is 0.267 e. The Balaban J connectivity index is 2.57. The lowest BCUT2D eigenvalue weighted by Gasteiger charge is -2.22. The van der Waals surface area contributed by atoms with Gasteiger partial charge < -0.3 is 5.32 Å². The number of aryl methyl sites for hydroxylation is 1. The molecule has 0 aliphatic heterocycles. The molecule has 0 bridgehead atoms. The van der Waals surface area contributed by atoms with Crippen LogP contribution in [-0.2, 0) is 10.0 Å². The van der Waals surface area contributed by atoms with Gasteiger partial charge in [0.1, 0.15) is 10.7 Å². The first-order valence-corrected chi connectivity index (χ1v) is 8.49. The van der Waals surface area contributed by atoms with Gasteiger partial charge >= 0.3 is 0 Å². The van der Waals surface area contributed by atoms with Crippen molar-refractivity contribution in [2.75, 3.05) is 23.7 Å². The van der Waals surface area contributed by atoms with E-state index < -0.39 is 10.0 Å². The normalized spacial score (nSPS) is 11.2. The summed E-state index contributed by atoms with van der Waals surface area (Å²) in [5, 5.41) is 2.81. The molecule has 0 radical (unpaired) electrons. The molecule has 0 aliphatic carbocycles. The van der Waals surface area contributed by atoms with Crippen molar-refractivity contribution >= 4 is 37.5 Å². The third kappa shape index (κ3) is 3.03. The second-order valence-corrected chi connectivity index (χ2v) is 7.36. The Morgan fingerprint density at radius 3 is 2.57 bits per heavy atom. The predicted molar refractivity (Wildman–Crippen MR) is 88.3 cm³/mol. The van der Waals surface area contributed by atoms with Gasteiger partial charge in [-0.3, -0.25) is 4.31 Å². The first kappa shape index (κ1) is 15.8. The minimum Gasteiger partial charge on any atom is -0.372 e. The number of sulfonamides is 1. The Kier molecular flexibility index (Phi) is 4.53. The summed E-state index contributed by atoms with van der Waals surface area (Å²) in [6.45, 7) is 1.87. The van der Waals surface area contributed by atoms with E-state index in [1.165, 1.54) is 11.4 Å². The molecule has 21 heavy (non-hydrogen) atoms. The van der Waals surface area contributed by atoms with E-state index in [4.69, 9.17) is 0 Å². The molecule has 0 saturated heterocycles. The third-order valence-electron chi connectivity index (χ3n) is 3.15. The maximum atomic E-state index is 12.8. The molecule has 0 unspecified atom stereocenters. The van der Waals surface area contributed by atoms with Crippen LogP contribution >= 0.6 is 15.9 Å². The average molecular weight is 370 g/mol. The van der Waals surface area contributed by atoms with Gasteiger partial charge in [-0.05, 0) is 40.5 Å². The quantitative estimate of drug-likeness (QED) is 0.899. The number of para-hydroxylation sites is 1. The van der Waals surface area contributed by atoms with Crippen LogP contribution in [0.15, 0.2) is 45.9 Å². The van der Waals surface area contributed by atoms with Gasteiger partial charge in [-0.2, -0.15) is 0 Å². The topological polar surface area (TPSA) is 62.3 Å². The first-order valence-electron chi connectivity index (χ1n) is 6.26. The number of benzene rings is 1. The number of halogens is 1. The van der Waals surface area contributed by atoms with Crippen LogP contribution in [0.1, 0.15) is 5.56 Å². The van der Waals surface area contributed by atoms with Gasteiger partial charge in [0.15, 0.2) is 0 Å². The molecular weight excluding hydrogens is 354 g/mol. The summed E-state index contributed by atoms with van der Waals surface area (Å²) < 4.78 is 27.6. The molecule has 1 aromatic carbocycles. The van der Waals surface area contributed by atoms with E-state index in [1.807, 2.05) is 25.1 Å². The lowest BCUT2D eigenvalue weighted by atomic mass is 10.2. The summed E-state index contributed by atoms with van der Waals surface area (Å²) >= 11 is 3.26. The molecule has 0 atom stereocenters. The van der Waals surface area contributed by atoms with Gasteiger partial charge in [-0.1, -0.05) is 18.2 Å². The number of hydrogen-bond acceptors (Lipinski definition) is 4. The number of anilines is 2. The summed E-state index contributed by atoms with van der Waals surface area (Å²) in [4.78, 5) is 4.23. The van der Waals surface area contributed by atoms with E-state index in [0.29, 0.717) is 16.0 Å². The Morgan fingerprint density at radius 2 is 1.95 bits per heavy atom. The highest BCUT2D eigenvalue weighted by Gasteiger charge is 2.26. The van der Waals surface area contributed by atoms with E-state index in [-0.39, 0.29) is 4.90 Å². The third-order valence-corrected chi connectivity index (χ3v) is 5.37. The Morgan fingerprint density at radius 1 is 1.29 bits per heavy atom. The van der Waals surface area contributed by atoms with Gasteiger partial charge in [0.05, 0.1) is 5.69 Å². The summed E-state index contributed by atoms with van der Waals surface area (Å²) in [6, 6.07) is 8.88. The van der Waals surface area contributed by atoms with E-state index in [1.54, 1.807) is 25.4 Å². The number of rotatable bonds is 4. The standard InChI is InChI=1S/C14H16BrN3O2S/c1-10-6-4-5-7-12(10)18(3)21(19,20)13-8-11(15)9-17-14(13)16-2/h4-9H,1-3H3,(H,16,17). The lowest BCUT2D eigenvalue weighted by molar-refractivity contribution is 0.594. The molecule has 1 N–H and O–H groups in total. The zero-order valence-electron chi connectivity index (χ0n) is 12.0. The zero-order chi connectivity index (χ0) is 15.6. The average Bonchev–Trinajstić information content (AvgIpc) is 2.47. The SMILES string of the molecule is CNc1ncc(Br)cc1S(=O)(=O)N(C)c1ccccc1C. The van der Waals surface area contributed by atoms with Gasteiger partial charge in [0.25, 0.3) is 10.0 Å². The fourth-order valence-corrected chi connectivity index (χ4v) is 3.92. The predicted octanol–water partition coefficient (Wildman–Crippen LogP) is 3.02.